The summed E-state index contributed by atoms with van der Waals surface area (Å²) in [5, 5.41) is 2.76. The monoisotopic (exact) mass is 509 g/mol. The first-order valence-electron chi connectivity index (χ1n) is 11.1. The predicted molar refractivity (Wildman–Crippen MR) is 131 cm³/mol. The maximum absolute atomic E-state index is 12.7. The molecule has 2 aromatic carbocycles. The van der Waals surface area contributed by atoms with Crippen molar-refractivity contribution >= 4 is 31.6 Å². The second-order valence-electron chi connectivity index (χ2n) is 8.27. The van der Waals surface area contributed by atoms with E-state index in [1.807, 2.05) is 0 Å². The predicted octanol–water partition coefficient (Wildman–Crippen LogP) is 2.37. The number of hydrogen-bond donors (Lipinski definition) is 1. The van der Waals surface area contributed by atoms with Gasteiger partial charge in [-0.25, -0.2) is 16.8 Å². The van der Waals surface area contributed by atoms with Crippen molar-refractivity contribution in [2.75, 3.05) is 43.8 Å². The number of rotatable bonds is 9. The zero-order valence-corrected chi connectivity index (χ0v) is 21.3. The number of anilines is 1. The van der Waals surface area contributed by atoms with E-state index in [1.165, 1.54) is 27.8 Å². The van der Waals surface area contributed by atoms with Crippen LogP contribution in [0.2, 0.25) is 0 Å². The van der Waals surface area contributed by atoms with Crippen LogP contribution < -0.4 is 14.4 Å². The zero-order chi connectivity index (χ0) is 24.9. The first-order chi connectivity index (χ1) is 16.0. The van der Waals surface area contributed by atoms with E-state index in [-0.39, 0.29) is 24.0 Å². The SMILES string of the molecule is Cc1cc(C(=O)NCCOc2ccc(S(=O)(=O)N3CCCCC3)cc2)ccc1N(C)S(C)(=O)=O. The number of sulfonamides is 2. The minimum Gasteiger partial charge on any atom is -0.492 e. The van der Waals surface area contributed by atoms with Gasteiger partial charge in [0.2, 0.25) is 20.0 Å². The van der Waals surface area contributed by atoms with Gasteiger partial charge in [0.1, 0.15) is 12.4 Å². The second-order valence-corrected chi connectivity index (χ2v) is 12.2. The summed E-state index contributed by atoms with van der Waals surface area (Å²) in [5.74, 6) is 0.207. The van der Waals surface area contributed by atoms with Crippen LogP contribution >= 0.6 is 0 Å². The van der Waals surface area contributed by atoms with Crippen LogP contribution in [0.4, 0.5) is 5.69 Å². The maximum atomic E-state index is 12.7. The molecular weight excluding hydrogens is 478 g/mol. The normalized spacial score (nSPS) is 15.0. The molecule has 2 aromatic rings. The number of aryl methyl sites for hydroxylation is 1. The van der Waals surface area contributed by atoms with Crippen molar-refractivity contribution in [1.82, 2.24) is 9.62 Å². The molecule has 9 nitrogen and oxygen atoms in total. The minimum absolute atomic E-state index is 0.206. The molecule has 1 amide bonds. The van der Waals surface area contributed by atoms with Crippen molar-refractivity contribution in [3.05, 3.63) is 53.6 Å². The Balaban J connectivity index is 1.50. The molecular formula is C23H31N3O6S2. The van der Waals surface area contributed by atoms with Crippen LogP contribution in [0.15, 0.2) is 47.4 Å². The number of carbonyl (C=O) groups excluding carboxylic acids is 1. The van der Waals surface area contributed by atoms with Crippen molar-refractivity contribution in [3.63, 3.8) is 0 Å². The van der Waals surface area contributed by atoms with Crippen LogP contribution in [-0.2, 0) is 20.0 Å². The summed E-state index contributed by atoms with van der Waals surface area (Å²) in [6.07, 6.45) is 3.94. The van der Waals surface area contributed by atoms with E-state index in [0.717, 1.165) is 25.5 Å². The molecule has 0 saturated carbocycles. The smallest absolute Gasteiger partial charge is 0.251 e. The van der Waals surface area contributed by atoms with Gasteiger partial charge in [0, 0.05) is 25.7 Å². The average molecular weight is 510 g/mol. The highest BCUT2D eigenvalue weighted by Gasteiger charge is 2.25. The molecule has 0 unspecified atom stereocenters. The highest BCUT2D eigenvalue weighted by molar-refractivity contribution is 7.92. The molecule has 1 saturated heterocycles. The van der Waals surface area contributed by atoms with Crippen LogP contribution in [0.1, 0.15) is 35.2 Å². The lowest BCUT2D eigenvalue weighted by Crippen LogP contribution is -2.35. The van der Waals surface area contributed by atoms with Crippen molar-refractivity contribution in [2.24, 2.45) is 0 Å². The maximum Gasteiger partial charge on any atom is 0.251 e. The number of nitrogens with zero attached hydrogens (tertiary/aromatic N) is 2. The molecule has 11 heteroatoms. The molecule has 3 rings (SSSR count). The highest BCUT2D eigenvalue weighted by Crippen LogP contribution is 2.23. The lowest BCUT2D eigenvalue weighted by Gasteiger charge is -2.25. The molecule has 0 aromatic heterocycles. The molecule has 1 heterocycles. The summed E-state index contributed by atoms with van der Waals surface area (Å²) in [6, 6.07) is 11.1. The van der Waals surface area contributed by atoms with Crippen LogP contribution in [0.3, 0.4) is 0 Å². The van der Waals surface area contributed by atoms with Crippen LogP contribution in [-0.4, -0.2) is 66.6 Å². The molecule has 0 spiro atoms. The molecule has 1 fully saturated rings. The van der Waals surface area contributed by atoms with Gasteiger partial charge in [-0.15, -0.1) is 0 Å². The van der Waals surface area contributed by atoms with Crippen LogP contribution in [0.25, 0.3) is 0 Å². The van der Waals surface area contributed by atoms with E-state index in [0.29, 0.717) is 35.7 Å². The highest BCUT2D eigenvalue weighted by atomic mass is 32.2. The number of ether oxygens (including phenoxy) is 1. The summed E-state index contributed by atoms with van der Waals surface area (Å²) in [7, 11) is -5.41. The van der Waals surface area contributed by atoms with Gasteiger partial charge in [-0.3, -0.25) is 9.10 Å². The quantitative estimate of drug-likeness (QED) is 0.520. The number of amides is 1. The topological polar surface area (TPSA) is 113 Å². The van der Waals surface area contributed by atoms with Crippen molar-refractivity contribution in [3.8, 4) is 5.75 Å². The molecule has 0 bridgehead atoms. The minimum atomic E-state index is -3.48. The van der Waals surface area contributed by atoms with Crippen LogP contribution in [0, 0.1) is 6.92 Å². The van der Waals surface area contributed by atoms with Gasteiger partial charge in [0.25, 0.3) is 5.91 Å². The third-order valence-electron chi connectivity index (χ3n) is 5.73. The molecule has 0 atom stereocenters. The van der Waals surface area contributed by atoms with Gasteiger partial charge in [-0.1, -0.05) is 6.42 Å². The molecule has 34 heavy (non-hydrogen) atoms. The van der Waals surface area contributed by atoms with Gasteiger partial charge >= 0.3 is 0 Å². The fourth-order valence-electron chi connectivity index (χ4n) is 3.73. The third-order valence-corrected chi connectivity index (χ3v) is 8.83. The van der Waals surface area contributed by atoms with E-state index in [4.69, 9.17) is 4.74 Å². The van der Waals surface area contributed by atoms with Gasteiger partial charge in [-0.05, 0) is 67.8 Å². The number of benzene rings is 2. The van der Waals surface area contributed by atoms with E-state index in [9.17, 15) is 21.6 Å². The summed E-state index contributed by atoms with van der Waals surface area (Å²) in [5.41, 5.74) is 1.58. The van der Waals surface area contributed by atoms with Gasteiger partial charge < -0.3 is 10.1 Å². The molecule has 1 aliphatic rings. The first kappa shape index (κ1) is 26.0. The number of carbonyl (C=O) groups is 1. The summed E-state index contributed by atoms with van der Waals surface area (Å²) in [6.45, 7) is 3.30. The number of nitrogens with one attached hydrogen (secondary N) is 1. The van der Waals surface area contributed by atoms with Crippen molar-refractivity contribution < 1.29 is 26.4 Å². The Kier molecular flexibility index (Phi) is 8.21. The van der Waals surface area contributed by atoms with Gasteiger partial charge in [-0.2, -0.15) is 4.31 Å². The molecule has 1 N–H and O–H groups in total. The first-order valence-corrected chi connectivity index (χ1v) is 14.3. The average Bonchev–Trinajstić information content (AvgIpc) is 2.81. The van der Waals surface area contributed by atoms with E-state index in [1.54, 1.807) is 37.3 Å². The molecule has 186 valence electrons. The Morgan fingerprint density at radius 3 is 2.26 bits per heavy atom. The summed E-state index contributed by atoms with van der Waals surface area (Å²) < 4.78 is 57.2. The fourth-order valence-corrected chi connectivity index (χ4v) is 5.81. The third kappa shape index (κ3) is 6.28. The molecule has 0 radical (unpaired) electrons. The Morgan fingerprint density at radius 1 is 1.03 bits per heavy atom. The van der Waals surface area contributed by atoms with E-state index in [2.05, 4.69) is 5.32 Å². The largest absolute Gasteiger partial charge is 0.492 e. The number of hydrogen-bond acceptors (Lipinski definition) is 6. The Bertz CT molecular complexity index is 1220. The van der Waals surface area contributed by atoms with Crippen molar-refractivity contribution in [2.45, 2.75) is 31.1 Å². The second kappa shape index (κ2) is 10.7. The van der Waals surface area contributed by atoms with Gasteiger partial charge in [0.15, 0.2) is 0 Å². The summed E-state index contributed by atoms with van der Waals surface area (Å²) >= 11 is 0. The van der Waals surface area contributed by atoms with Crippen molar-refractivity contribution in [1.29, 1.82) is 0 Å². The molecule has 1 aliphatic heterocycles. The zero-order valence-electron chi connectivity index (χ0n) is 19.7. The summed E-state index contributed by atoms with van der Waals surface area (Å²) in [4.78, 5) is 12.7. The lowest BCUT2D eigenvalue weighted by atomic mass is 10.1. The Labute approximate surface area is 201 Å². The molecule has 0 aliphatic carbocycles. The van der Waals surface area contributed by atoms with E-state index < -0.39 is 20.0 Å². The Morgan fingerprint density at radius 2 is 1.68 bits per heavy atom. The standard InChI is InChI=1S/C23H31N3O6S2/c1-18-17-19(7-12-22(18)25(2)33(3,28)29)23(27)24-13-16-32-20-8-10-21(11-9-20)34(30,31)26-14-5-4-6-15-26/h7-12,17H,4-6,13-16H2,1-3H3,(H,24,27). The lowest BCUT2D eigenvalue weighted by molar-refractivity contribution is 0.0947. The fraction of sp³-hybridized carbons (Fsp3) is 0.435. The van der Waals surface area contributed by atoms with E-state index >= 15 is 0 Å². The Hall–Kier alpha value is -2.63. The number of piperidine rings is 1. The van der Waals surface area contributed by atoms with Gasteiger partial charge in [0.05, 0.1) is 23.4 Å². The van der Waals surface area contributed by atoms with Crippen LogP contribution in [0.5, 0.6) is 5.75 Å².